The second-order valence-corrected chi connectivity index (χ2v) is 5.73. The van der Waals surface area contributed by atoms with Crippen molar-refractivity contribution < 1.29 is 9.90 Å². The molecule has 0 radical (unpaired) electrons. The summed E-state index contributed by atoms with van der Waals surface area (Å²) in [6, 6.07) is 8.26. The van der Waals surface area contributed by atoms with E-state index in [4.69, 9.17) is 51.5 Å². The number of hydrogen-bond donors (Lipinski definition) is 1. The van der Waals surface area contributed by atoms with Gasteiger partial charge in [0.15, 0.2) is 0 Å². The lowest BCUT2D eigenvalue weighted by atomic mass is 10.0. The Bertz CT molecular complexity index is 739. The highest BCUT2D eigenvalue weighted by molar-refractivity contribution is 6.46. The lowest BCUT2D eigenvalue weighted by Crippen LogP contribution is -1.88. The van der Waals surface area contributed by atoms with Crippen molar-refractivity contribution in [2.75, 3.05) is 0 Å². The summed E-state index contributed by atoms with van der Waals surface area (Å²) in [4.78, 5) is 10.6. The van der Waals surface area contributed by atoms with Crippen LogP contribution < -0.4 is 0 Å². The second-order valence-electron chi connectivity index (χ2n) is 4.13. The average molecular weight is 362 g/mol. The molecule has 0 aromatic heterocycles. The van der Waals surface area contributed by atoms with Gasteiger partial charge in [0.05, 0.1) is 15.1 Å². The molecule has 0 bridgehead atoms. The summed E-state index contributed by atoms with van der Waals surface area (Å²) in [5.74, 6) is -1.04. The fourth-order valence-electron chi connectivity index (χ4n) is 1.78. The van der Waals surface area contributed by atoms with Crippen LogP contribution in [0.4, 0.5) is 0 Å². The normalized spacial score (nSPS) is 11.0. The molecule has 0 saturated heterocycles. The van der Waals surface area contributed by atoms with E-state index in [0.29, 0.717) is 36.8 Å². The highest BCUT2D eigenvalue weighted by atomic mass is 35.5. The first-order valence-electron chi connectivity index (χ1n) is 5.74. The van der Waals surface area contributed by atoms with Crippen LogP contribution in [0.1, 0.15) is 5.56 Å². The molecule has 0 aliphatic rings. The van der Waals surface area contributed by atoms with Gasteiger partial charge in [-0.1, -0.05) is 52.5 Å². The molecule has 0 fully saturated rings. The minimum atomic E-state index is -1.04. The van der Waals surface area contributed by atoms with Gasteiger partial charge in [-0.3, -0.25) is 0 Å². The zero-order valence-electron chi connectivity index (χ0n) is 10.4. The third-order valence-electron chi connectivity index (χ3n) is 2.72. The summed E-state index contributed by atoms with van der Waals surface area (Å²) in [5.41, 5.74) is 1.76. The van der Waals surface area contributed by atoms with E-state index >= 15 is 0 Å². The lowest BCUT2D eigenvalue weighted by Gasteiger charge is -2.11. The summed E-state index contributed by atoms with van der Waals surface area (Å²) in [6.07, 6.45) is 2.49. The topological polar surface area (TPSA) is 37.3 Å². The van der Waals surface area contributed by atoms with E-state index in [1.54, 1.807) is 30.3 Å². The van der Waals surface area contributed by atoms with E-state index in [9.17, 15) is 4.79 Å². The van der Waals surface area contributed by atoms with Crippen LogP contribution in [0.3, 0.4) is 0 Å². The SMILES string of the molecule is O=C(O)/C=C/c1ccc(Cl)c(-c2c(Cl)ccc(Cl)c2Cl)c1. The molecule has 1 N–H and O–H groups in total. The van der Waals surface area contributed by atoms with E-state index in [0.717, 1.165) is 6.08 Å². The third-order valence-corrected chi connectivity index (χ3v) is 4.17. The molecule has 0 heterocycles. The number of carbonyl (C=O) groups is 1. The van der Waals surface area contributed by atoms with Gasteiger partial charge in [0.25, 0.3) is 0 Å². The van der Waals surface area contributed by atoms with E-state index in [1.165, 1.54) is 6.08 Å². The van der Waals surface area contributed by atoms with Crippen LogP contribution in [0.25, 0.3) is 17.2 Å². The van der Waals surface area contributed by atoms with Crippen molar-refractivity contribution in [3.05, 3.63) is 62.1 Å². The Morgan fingerprint density at radius 1 is 0.952 bits per heavy atom. The predicted molar refractivity (Wildman–Crippen MR) is 88.6 cm³/mol. The molecular formula is C15H8Cl4O2. The van der Waals surface area contributed by atoms with E-state index in [1.807, 2.05) is 0 Å². The average Bonchev–Trinajstić information content (AvgIpc) is 2.43. The maximum Gasteiger partial charge on any atom is 0.328 e. The Morgan fingerprint density at radius 2 is 1.57 bits per heavy atom. The van der Waals surface area contributed by atoms with Crippen LogP contribution in [0.2, 0.25) is 20.1 Å². The Morgan fingerprint density at radius 3 is 2.24 bits per heavy atom. The smallest absolute Gasteiger partial charge is 0.328 e. The van der Waals surface area contributed by atoms with Crippen molar-refractivity contribution in [2.45, 2.75) is 0 Å². The molecule has 0 aliphatic heterocycles. The van der Waals surface area contributed by atoms with Gasteiger partial charge in [0.1, 0.15) is 0 Å². The number of halogens is 4. The summed E-state index contributed by atoms with van der Waals surface area (Å²) in [5, 5.41) is 10.2. The third kappa shape index (κ3) is 3.72. The molecule has 0 saturated carbocycles. The van der Waals surface area contributed by atoms with Gasteiger partial charge in [-0.05, 0) is 35.9 Å². The molecule has 2 aromatic rings. The van der Waals surface area contributed by atoms with Gasteiger partial charge in [-0.15, -0.1) is 0 Å². The van der Waals surface area contributed by atoms with Gasteiger partial charge in [-0.2, -0.15) is 0 Å². The fraction of sp³-hybridized carbons (Fsp3) is 0. The van der Waals surface area contributed by atoms with Crippen molar-refractivity contribution in [1.29, 1.82) is 0 Å². The van der Waals surface area contributed by atoms with Crippen LogP contribution in [0, 0.1) is 0 Å². The van der Waals surface area contributed by atoms with Crippen LogP contribution in [0.5, 0.6) is 0 Å². The predicted octanol–water partition coefficient (Wildman–Crippen LogP) is 6.07. The standard InChI is InChI=1S/C15H8Cl4O2/c16-10-3-1-8(2-6-13(20)21)7-9(10)14-11(17)4-5-12(18)15(14)19/h1-7H,(H,20,21)/b6-2+. The number of carboxylic acids is 1. The van der Waals surface area contributed by atoms with E-state index in [2.05, 4.69) is 0 Å². The molecule has 108 valence electrons. The number of aliphatic carboxylic acids is 1. The van der Waals surface area contributed by atoms with Crippen molar-refractivity contribution in [1.82, 2.24) is 0 Å². The zero-order valence-corrected chi connectivity index (χ0v) is 13.4. The fourth-order valence-corrected chi connectivity index (χ4v) is 2.72. The van der Waals surface area contributed by atoms with Crippen LogP contribution in [-0.2, 0) is 4.79 Å². The van der Waals surface area contributed by atoms with Crippen LogP contribution >= 0.6 is 46.4 Å². The monoisotopic (exact) mass is 360 g/mol. The van der Waals surface area contributed by atoms with Gasteiger partial charge < -0.3 is 5.11 Å². The van der Waals surface area contributed by atoms with Gasteiger partial charge in [0, 0.05) is 22.2 Å². The molecule has 2 aromatic carbocycles. The first kappa shape index (κ1) is 16.2. The highest BCUT2D eigenvalue weighted by Gasteiger charge is 2.15. The molecule has 0 amide bonds. The van der Waals surface area contributed by atoms with E-state index < -0.39 is 5.97 Å². The number of carboxylic acid groups (broad SMARTS) is 1. The van der Waals surface area contributed by atoms with Crippen molar-refractivity contribution in [3.8, 4) is 11.1 Å². The van der Waals surface area contributed by atoms with Crippen molar-refractivity contribution in [3.63, 3.8) is 0 Å². The maximum atomic E-state index is 10.6. The van der Waals surface area contributed by atoms with Crippen LogP contribution in [-0.4, -0.2) is 11.1 Å². The molecule has 0 spiro atoms. The molecule has 2 rings (SSSR count). The second kappa shape index (κ2) is 6.71. The number of hydrogen-bond acceptors (Lipinski definition) is 1. The molecule has 0 aliphatic carbocycles. The van der Waals surface area contributed by atoms with Crippen LogP contribution in [0.15, 0.2) is 36.4 Å². The Kier molecular flexibility index (Phi) is 5.17. The molecular weight excluding hydrogens is 354 g/mol. The Balaban J connectivity index is 2.62. The lowest BCUT2D eigenvalue weighted by molar-refractivity contribution is -0.131. The number of rotatable bonds is 3. The first-order chi connectivity index (χ1) is 9.90. The van der Waals surface area contributed by atoms with Crippen molar-refractivity contribution in [2.24, 2.45) is 0 Å². The largest absolute Gasteiger partial charge is 0.478 e. The molecule has 0 atom stereocenters. The van der Waals surface area contributed by atoms with Gasteiger partial charge >= 0.3 is 5.97 Å². The number of benzene rings is 2. The molecule has 0 unspecified atom stereocenters. The van der Waals surface area contributed by atoms with Gasteiger partial charge in [-0.25, -0.2) is 4.79 Å². The quantitative estimate of drug-likeness (QED) is 0.532. The zero-order chi connectivity index (χ0) is 15.6. The summed E-state index contributed by atoms with van der Waals surface area (Å²) >= 11 is 24.6. The Hall–Kier alpha value is -1.19. The first-order valence-corrected chi connectivity index (χ1v) is 7.25. The molecule has 2 nitrogen and oxygen atoms in total. The van der Waals surface area contributed by atoms with Crippen molar-refractivity contribution >= 4 is 58.4 Å². The summed E-state index contributed by atoms with van der Waals surface area (Å²) < 4.78 is 0. The highest BCUT2D eigenvalue weighted by Crippen LogP contribution is 2.42. The van der Waals surface area contributed by atoms with E-state index in [-0.39, 0.29) is 0 Å². The minimum Gasteiger partial charge on any atom is -0.478 e. The summed E-state index contributed by atoms with van der Waals surface area (Å²) in [6.45, 7) is 0. The summed E-state index contributed by atoms with van der Waals surface area (Å²) in [7, 11) is 0. The molecule has 21 heavy (non-hydrogen) atoms. The molecule has 6 heteroatoms. The Labute approximate surface area is 141 Å². The minimum absolute atomic E-state index is 0.297. The maximum absolute atomic E-state index is 10.6. The van der Waals surface area contributed by atoms with Gasteiger partial charge in [0.2, 0.25) is 0 Å².